The first-order valence-electron chi connectivity index (χ1n) is 7.00. The summed E-state index contributed by atoms with van der Waals surface area (Å²) in [5.41, 5.74) is -0.844. The van der Waals surface area contributed by atoms with Gasteiger partial charge in [0, 0.05) is 4.88 Å². The molecule has 0 spiro atoms. The highest BCUT2D eigenvalue weighted by Crippen LogP contribution is 2.46. The molecule has 1 atom stereocenters. The topological polar surface area (TPSA) is 49.3 Å². The molecule has 1 aromatic carbocycles. The third kappa shape index (κ3) is 3.02. The number of thiophene rings is 1. The van der Waals surface area contributed by atoms with Gasteiger partial charge in [0.15, 0.2) is 0 Å². The molecular weight excluding hydrogens is 325 g/mol. The van der Waals surface area contributed by atoms with Crippen LogP contribution in [0.15, 0.2) is 35.7 Å². The van der Waals surface area contributed by atoms with Crippen LogP contribution in [-0.2, 0) is 5.60 Å². The van der Waals surface area contributed by atoms with Crippen molar-refractivity contribution in [3.05, 3.63) is 57.0 Å². The van der Waals surface area contributed by atoms with Crippen molar-refractivity contribution in [2.75, 3.05) is 6.54 Å². The number of hydrogen-bond donors (Lipinski definition) is 2. The Balaban J connectivity index is 1.74. The van der Waals surface area contributed by atoms with Crippen molar-refractivity contribution in [3.63, 3.8) is 0 Å². The molecular formula is C16H15ClFNO2S. The van der Waals surface area contributed by atoms with E-state index in [0.29, 0.717) is 0 Å². The minimum Gasteiger partial charge on any atom is -0.382 e. The molecule has 0 saturated heterocycles. The van der Waals surface area contributed by atoms with Gasteiger partial charge in [0.25, 0.3) is 5.91 Å². The first-order chi connectivity index (χ1) is 10.5. The molecule has 116 valence electrons. The van der Waals surface area contributed by atoms with Gasteiger partial charge in [-0.25, -0.2) is 4.39 Å². The summed E-state index contributed by atoms with van der Waals surface area (Å²) in [5.74, 6) is -0.745. The van der Waals surface area contributed by atoms with Gasteiger partial charge in [0.05, 0.1) is 17.1 Å². The Hall–Kier alpha value is -1.43. The molecule has 6 heteroatoms. The Morgan fingerprint density at radius 2 is 2.23 bits per heavy atom. The van der Waals surface area contributed by atoms with Crippen molar-refractivity contribution in [1.82, 2.24) is 5.32 Å². The number of rotatable bonds is 5. The number of halogens is 2. The van der Waals surface area contributed by atoms with Crippen molar-refractivity contribution in [2.24, 2.45) is 5.92 Å². The molecule has 1 fully saturated rings. The fourth-order valence-electron chi connectivity index (χ4n) is 2.50. The van der Waals surface area contributed by atoms with Crippen LogP contribution in [0.25, 0.3) is 0 Å². The highest BCUT2D eigenvalue weighted by atomic mass is 35.5. The number of amides is 1. The van der Waals surface area contributed by atoms with Crippen molar-refractivity contribution >= 4 is 28.8 Å². The second-order valence-corrected chi connectivity index (χ2v) is 6.84. The second kappa shape index (κ2) is 5.99. The quantitative estimate of drug-likeness (QED) is 0.875. The maximum Gasteiger partial charge on any atom is 0.252 e. The molecule has 3 rings (SSSR count). The number of carbonyl (C=O) groups is 1. The summed E-state index contributed by atoms with van der Waals surface area (Å²) < 4.78 is 13.0. The van der Waals surface area contributed by atoms with Crippen molar-refractivity contribution in [2.45, 2.75) is 18.4 Å². The van der Waals surface area contributed by atoms with Crippen LogP contribution >= 0.6 is 22.9 Å². The van der Waals surface area contributed by atoms with Gasteiger partial charge in [-0.15, -0.1) is 11.3 Å². The molecule has 1 aliphatic carbocycles. The Morgan fingerprint density at radius 1 is 1.45 bits per heavy atom. The van der Waals surface area contributed by atoms with Crippen molar-refractivity contribution < 1.29 is 14.3 Å². The zero-order chi connectivity index (χ0) is 15.7. The minimum absolute atomic E-state index is 0.0589. The summed E-state index contributed by atoms with van der Waals surface area (Å²) in [6.07, 6.45) is 1.89. The van der Waals surface area contributed by atoms with Gasteiger partial charge in [-0.3, -0.25) is 4.79 Å². The minimum atomic E-state index is -1.05. The van der Waals surface area contributed by atoms with Crippen LogP contribution in [0.3, 0.4) is 0 Å². The predicted molar refractivity (Wildman–Crippen MR) is 84.7 cm³/mol. The van der Waals surface area contributed by atoms with E-state index >= 15 is 0 Å². The zero-order valence-corrected chi connectivity index (χ0v) is 13.3. The third-order valence-corrected chi connectivity index (χ3v) is 5.24. The number of hydrogen-bond acceptors (Lipinski definition) is 3. The van der Waals surface area contributed by atoms with Crippen LogP contribution in [0.5, 0.6) is 0 Å². The van der Waals surface area contributed by atoms with Crippen LogP contribution in [0.2, 0.25) is 5.02 Å². The molecule has 22 heavy (non-hydrogen) atoms. The smallest absolute Gasteiger partial charge is 0.252 e. The standard InChI is InChI=1S/C16H15ClFNO2S/c17-13-8-11(18)5-6-12(13)15(20)19-9-16(21,10-3-4-10)14-2-1-7-22-14/h1-2,5-8,10,21H,3-4,9H2,(H,19,20). The molecule has 2 N–H and O–H groups in total. The summed E-state index contributed by atoms with van der Waals surface area (Å²) >= 11 is 7.36. The molecule has 1 saturated carbocycles. The van der Waals surface area contributed by atoms with E-state index < -0.39 is 17.3 Å². The first-order valence-corrected chi connectivity index (χ1v) is 8.26. The van der Waals surface area contributed by atoms with Crippen LogP contribution < -0.4 is 5.32 Å². The lowest BCUT2D eigenvalue weighted by Crippen LogP contribution is -2.42. The summed E-state index contributed by atoms with van der Waals surface area (Å²) in [6.45, 7) is 0.116. The number of benzene rings is 1. The summed E-state index contributed by atoms with van der Waals surface area (Å²) in [5, 5.41) is 15.6. The molecule has 2 aromatic rings. The van der Waals surface area contributed by atoms with E-state index in [1.54, 1.807) is 0 Å². The van der Waals surface area contributed by atoms with Crippen LogP contribution in [0.1, 0.15) is 28.1 Å². The maximum absolute atomic E-state index is 13.0. The average Bonchev–Trinajstić information content (AvgIpc) is 3.20. The van der Waals surface area contributed by atoms with E-state index in [9.17, 15) is 14.3 Å². The summed E-state index contributed by atoms with van der Waals surface area (Å²) in [4.78, 5) is 13.1. The highest BCUT2D eigenvalue weighted by Gasteiger charge is 2.46. The number of aliphatic hydroxyl groups is 1. The first kappa shape index (κ1) is 15.5. The SMILES string of the molecule is O=C(NCC(O)(c1cccs1)C1CC1)c1ccc(F)cc1Cl. The average molecular weight is 340 g/mol. The summed E-state index contributed by atoms with van der Waals surface area (Å²) in [7, 11) is 0. The van der Waals surface area contributed by atoms with Crippen LogP contribution in [0, 0.1) is 11.7 Å². The van der Waals surface area contributed by atoms with E-state index in [2.05, 4.69) is 5.32 Å². The molecule has 1 heterocycles. The van der Waals surface area contributed by atoms with Gasteiger partial charge < -0.3 is 10.4 Å². The van der Waals surface area contributed by atoms with Crippen LogP contribution in [0.4, 0.5) is 4.39 Å². The summed E-state index contributed by atoms with van der Waals surface area (Å²) in [6, 6.07) is 7.39. The molecule has 1 amide bonds. The molecule has 3 nitrogen and oxygen atoms in total. The van der Waals surface area contributed by atoms with Gasteiger partial charge in [0.1, 0.15) is 11.4 Å². The molecule has 1 unspecified atom stereocenters. The Labute approximate surface area is 136 Å². The normalized spacial score (nSPS) is 17.0. The van der Waals surface area contributed by atoms with E-state index in [1.165, 1.54) is 23.5 Å². The monoisotopic (exact) mass is 339 g/mol. The molecule has 0 aliphatic heterocycles. The molecule has 1 aromatic heterocycles. The van der Waals surface area contributed by atoms with Crippen molar-refractivity contribution in [3.8, 4) is 0 Å². The second-order valence-electron chi connectivity index (χ2n) is 5.48. The Morgan fingerprint density at radius 3 is 2.82 bits per heavy atom. The Kier molecular flexibility index (Phi) is 4.21. The lowest BCUT2D eigenvalue weighted by Gasteiger charge is -2.27. The highest BCUT2D eigenvalue weighted by molar-refractivity contribution is 7.10. The zero-order valence-electron chi connectivity index (χ0n) is 11.7. The third-order valence-electron chi connectivity index (χ3n) is 3.89. The van der Waals surface area contributed by atoms with Crippen molar-refractivity contribution in [1.29, 1.82) is 0 Å². The predicted octanol–water partition coefficient (Wildman–Crippen LogP) is 3.57. The lowest BCUT2D eigenvalue weighted by atomic mass is 9.95. The van der Waals surface area contributed by atoms with E-state index in [-0.39, 0.29) is 23.0 Å². The fraction of sp³-hybridized carbons (Fsp3) is 0.312. The van der Waals surface area contributed by atoms with Gasteiger partial charge in [-0.05, 0) is 48.4 Å². The maximum atomic E-state index is 13.0. The lowest BCUT2D eigenvalue weighted by molar-refractivity contribution is 0.0169. The molecule has 0 bridgehead atoms. The number of carbonyl (C=O) groups excluding carboxylic acids is 1. The van der Waals surface area contributed by atoms with E-state index in [1.807, 2.05) is 17.5 Å². The molecule has 0 radical (unpaired) electrons. The van der Waals surface area contributed by atoms with Gasteiger partial charge in [-0.1, -0.05) is 17.7 Å². The van der Waals surface area contributed by atoms with Gasteiger partial charge in [-0.2, -0.15) is 0 Å². The number of nitrogens with one attached hydrogen (secondary N) is 1. The fourth-order valence-corrected chi connectivity index (χ4v) is 3.66. The van der Waals surface area contributed by atoms with E-state index in [4.69, 9.17) is 11.6 Å². The van der Waals surface area contributed by atoms with Gasteiger partial charge in [0.2, 0.25) is 0 Å². The van der Waals surface area contributed by atoms with E-state index in [0.717, 1.165) is 23.8 Å². The molecule has 1 aliphatic rings. The Bertz CT molecular complexity index is 687. The van der Waals surface area contributed by atoms with Gasteiger partial charge >= 0.3 is 0 Å². The van der Waals surface area contributed by atoms with Crippen LogP contribution in [-0.4, -0.2) is 17.6 Å². The largest absolute Gasteiger partial charge is 0.382 e.